The molecule has 6 heteroatoms. The molecule has 1 unspecified atom stereocenters. The van der Waals surface area contributed by atoms with E-state index in [2.05, 4.69) is 46.0 Å². The number of aryl methyl sites for hydroxylation is 3. The average molecular weight is 447 g/mol. The van der Waals surface area contributed by atoms with Crippen molar-refractivity contribution in [2.75, 3.05) is 44.2 Å². The summed E-state index contributed by atoms with van der Waals surface area (Å²) >= 11 is 0. The van der Waals surface area contributed by atoms with E-state index in [1.54, 1.807) is 0 Å². The summed E-state index contributed by atoms with van der Waals surface area (Å²) < 4.78 is 5.83. The zero-order valence-electron chi connectivity index (χ0n) is 19.9. The van der Waals surface area contributed by atoms with Crippen molar-refractivity contribution in [2.45, 2.75) is 33.3 Å². The number of ether oxygens (including phenoxy) is 1. The highest BCUT2D eigenvalue weighted by Gasteiger charge is 2.23. The second kappa shape index (κ2) is 10.8. The van der Waals surface area contributed by atoms with Gasteiger partial charge in [-0.1, -0.05) is 48.5 Å². The standard InChI is InChI=1S/C27H34N4O2/c1-20-9-7-8-12-26(20)33-19-24(32)18-30-13-15-31(16-14-30)27-25(21(2)28-22(3)29-27)17-23-10-5-4-6-11-23/h4-12,24,32H,13-19H2,1-3H3. The molecule has 6 nitrogen and oxygen atoms in total. The second-order valence-corrected chi connectivity index (χ2v) is 8.84. The highest BCUT2D eigenvalue weighted by atomic mass is 16.5. The Balaban J connectivity index is 1.35. The van der Waals surface area contributed by atoms with Crippen LogP contribution in [-0.2, 0) is 6.42 Å². The zero-order chi connectivity index (χ0) is 23.2. The summed E-state index contributed by atoms with van der Waals surface area (Å²) in [4.78, 5) is 14.1. The number of para-hydroxylation sites is 1. The van der Waals surface area contributed by atoms with E-state index >= 15 is 0 Å². The Hall–Kier alpha value is -2.96. The third-order valence-corrected chi connectivity index (χ3v) is 6.19. The maximum Gasteiger partial charge on any atom is 0.136 e. The first-order valence-electron chi connectivity index (χ1n) is 11.7. The Kier molecular flexibility index (Phi) is 7.57. The molecule has 0 amide bonds. The van der Waals surface area contributed by atoms with Crippen LogP contribution in [0.4, 0.5) is 5.82 Å². The molecule has 1 aliphatic heterocycles. The number of hydrogen-bond donors (Lipinski definition) is 1. The third-order valence-electron chi connectivity index (χ3n) is 6.19. The molecule has 0 saturated carbocycles. The van der Waals surface area contributed by atoms with E-state index in [4.69, 9.17) is 9.72 Å². The molecule has 174 valence electrons. The smallest absolute Gasteiger partial charge is 0.136 e. The van der Waals surface area contributed by atoms with Crippen molar-refractivity contribution in [1.29, 1.82) is 0 Å². The molecule has 4 rings (SSSR count). The van der Waals surface area contributed by atoms with Gasteiger partial charge in [-0.3, -0.25) is 4.90 Å². The van der Waals surface area contributed by atoms with Crippen LogP contribution in [0.1, 0.15) is 28.2 Å². The molecule has 1 aliphatic rings. The van der Waals surface area contributed by atoms with Gasteiger partial charge in [-0.2, -0.15) is 0 Å². The molecular formula is C27H34N4O2. The van der Waals surface area contributed by atoms with Gasteiger partial charge in [0.25, 0.3) is 0 Å². The summed E-state index contributed by atoms with van der Waals surface area (Å²) in [6.07, 6.45) is 0.311. The lowest BCUT2D eigenvalue weighted by atomic mass is 10.0. The molecule has 33 heavy (non-hydrogen) atoms. The molecule has 0 bridgehead atoms. The molecule has 2 aromatic carbocycles. The van der Waals surface area contributed by atoms with Crippen LogP contribution in [0.3, 0.4) is 0 Å². The summed E-state index contributed by atoms with van der Waals surface area (Å²) in [5, 5.41) is 10.5. The van der Waals surface area contributed by atoms with Gasteiger partial charge in [0.15, 0.2) is 0 Å². The van der Waals surface area contributed by atoms with Crippen LogP contribution in [0.25, 0.3) is 0 Å². The van der Waals surface area contributed by atoms with Gasteiger partial charge >= 0.3 is 0 Å². The van der Waals surface area contributed by atoms with Gasteiger partial charge in [-0.15, -0.1) is 0 Å². The molecule has 3 aromatic rings. The van der Waals surface area contributed by atoms with Crippen LogP contribution >= 0.6 is 0 Å². The Morgan fingerprint density at radius 3 is 2.33 bits per heavy atom. The minimum atomic E-state index is -0.520. The molecule has 1 saturated heterocycles. The van der Waals surface area contributed by atoms with E-state index < -0.39 is 6.10 Å². The fraction of sp³-hybridized carbons (Fsp3) is 0.407. The molecule has 0 spiro atoms. The minimum absolute atomic E-state index is 0.302. The minimum Gasteiger partial charge on any atom is -0.491 e. The fourth-order valence-electron chi connectivity index (χ4n) is 4.38. The normalized spacial score (nSPS) is 15.5. The highest BCUT2D eigenvalue weighted by molar-refractivity contribution is 5.51. The number of hydrogen-bond acceptors (Lipinski definition) is 6. The monoisotopic (exact) mass is 446 g/mol. The van der Waals surface area contributed by atoms with Gasteiger partial charge in [0.1, 0.15) is 30.1 Å². The molecule has 0 aliphatic carbocycles. The lowest BCUT2D eigenvalue weighted by Crippen LogP contribution is -2.49. The van der Waals surface area contributed by atoms with Gasteiger partial charge in [-0.05, 0) is 38.0 Å². The molecule has 1 N–H and O–H groups in total. The van der Waals surface area contributed by atoms with Crippen LogP contribution in [0.15, 0.2) is 54.6 Å². The number of aliphatic hydroxyl groups excluding tert-OH is 1. The van der Waals surface area contributed by atoms with Gasteiger partial charge < -0.3 is 14.7 Å². The van der Waals surface area contributed by atoms with E-state index in [1.165, 1.54) is 11.1 Å². The number of nitrogens with zero attached hydrogens (tertiary/aromatic N) is 4. The largest absolute Gasteiger partial charge is 0.491 e. The summed E-state index contributed by atoms with van der Waals surface area (Å²) in [6, 6.07) is 18.4. The zero-order valence-corrected chi connectivity index (χ0v) is 19.9. The maximum absolute atomic E-state index is 10.5. The topological polar surface area (TPSA) is 61.7 Å². The Morgan fingerprint density at radius 2 is 1.61 bits per heavy atom. The number of rotatable bonds is 8. The lowest BCUT2D eigenvalue weighted by molar-refractivity contribution is 0.0660. The summed E-state index contributed by atoms with van der Waals surface area (Å²) in [6.45, 7) is 10.5. The molecule has 1 aromatic heterocycles. The van der Waals surface area contributed by atoms with E-state index in [0.29, 0.717) is 13.2 Å². The lowest BCUT2D eigenvalue weighted by Gasteiger charge is -2.37. The number of aromatic nitrogens is 2. The molecule has 2 heterocycles. The molecule has 1 fully saturated rings. The first-order valence-corrected chi connectivity index (χ1v) is 11.7. The van der Waals surface area contributed by atoms with Crippen molar-refractivity contribution in [3.8, 4) is 5.75 Å². The fourth-order valence-corrected chi connectivity index (χ4v) is 4.38. The van der Waals surface area contributed by atoms with Crippen LogP contribution in [-0.4, -0.2) is 65.4 Å². The Labute approximate surface area is 196 Å². The summed E-state index contributed by atoms with van der Waals surface area (Å²) in [5.74, 6) is 2.69. The molecular weight excluding hydrogens is 412 g/mol. The van der Waals surface area contributed by atoms with Gasteiger partial charge in [-0.25, -0.2) is 9.97 Å². The first kappa shape index (κ1) is 23.2. The Morgan fingerprint density at radius 1 is 0.909 bits per heavy atom. The van der Waals surface area contributed by atoms with Crippen molar-refractivity contribution in [1.82, 2.24) is 14.9 Å². The predicted molar refractivity (Wildman–Crippen MR) is 132 cm³/mol. The molecule has 0 radical (unpaired) electrons. The quantitative estimate of drug-likeness (QED) is 0.571. The van der Waals surface area contributed by atoms with E-state index in [0.717, 1.165) is 61.2 Å². The number of aliphatic hydroxyl groups is 1. The number of benzene rings is 2. The van der Waals surface area contributed by atoms with Gasteiger partial charge in [0, 0.05) is 50.4 Å². The van der Waals surface area contributed by atoms with Crippen LogP contribution in [0, 0.1) is 20.8 Å². The number of piperazine rings is 1. The average Bonchev–Trinajstić information content (AvgIpc) is 2.81. The second-order valence-electron chi connectivity index (χ2n) is 8.84. The summed E-state index contributed by atoms with van der Waals surface area (Å²) in [5.41, 5.74) is 4.60. The van der Waals surface area contributed by atoms with Crippen LogP contribution < -0.4 is 9.64 Å². The van der Waals surface area contributed by atoms with Crippen molar-refractivity contribution < 1.29 is 9.84 Å². The van der Waals surface area contributed by atoms with Gasteiger partial charge in [0.2, 0.25) is 0 Å². The maximum atomic E-state index is 10.5. The predicted octanol–water partition coefficient (Wildman–Crippen LogP) is 3.55. The van der Waals surface area contributed by atoms with E-state index in [-0.39, 0.29) is 0 Å². The van der Waals surface area contributed by atoms with E-state index in [9.17, 15) is 5.11 Å². The SMILES string of the molecule is Cc1nc(C)c(Cc2ccccc2)c(N2CCN(CC(O)COc3ccccc3C)CC2)n1. The Bertz CT molecular complexity index is 1050. The van der Waals surface area contributed by atoms with Crippen molar-refractivity contribution >= 4 is 5.82 Å². The van der Waals surface area contributed by atoms with Crippen LogP contribution in [0.5, 0.6) is 5.75 Å². The van der Waals surface area contributed by atoms with Gasteiger partial charge in [0.05, 0.1) is 0 Å². The number of β-amino-alcohol motifs (C(OH)–C–C–N with tert-alkyl or cyclic N) is 1. The van der Waals surface area contributed by atoms with Crippen LogP contribution in [0.2, 0.25) is 0 Å². The van der Waals surface area contributed by atoms with Crippen molar-refractivity contribution in [3.63, 3.8) is 0 Å². The van der Waals surface area contributed by atoms with E-state index in [1.807, 2.05) is 44.2 Å². The first-order chi connectivity index (χ1) is 16.0. The van der Waals surface area contributed by atoms with Crippen molar-refractivity contribution in [3.05, 3.63) is 82.8 Å². The third kappa shape index (κ3) is 6.09. The highest BCUT2D eigenvalue weighted by Crippen LogP contribution is 2.25. The summed E-state index contributed by atoms with van der Waals surface area (Å²) in [7, 11) is 0. The number of anilines is 1. The molecule has 1 atom stereocenters. The van der Waals surface area contributed by atoms with Crippen molar-refractivity contribution in [2.24, 2.45) is 0 Å².